The molecule has 3 aliphatic heterocycles. The highest BCUT2D eigenvalue weighted by Crippen LogP contribution is 2.40. The predicted octanol–water partition coefficient (Wildman–Crippen LogP) is 1.41. The molecule has 4 nitrogen and oxygen atoms in total. The topological polar surface area (TPSA) is 41.6 Å². The highest BCUT2D eigenvalue weighted by molar-refractivity contribution is 5.76. The van der Waals surface area contributed by atoms with Crippen molar-refractivity contribution >= 4 is 5.91 Å². The van der Waals surface area contributed by atoms with Crippen molar-refractivity contribution in [3.05, 3.63) is 0 Å². The molecule has 3 fully saturated rings. The summed E-state index contributed by atoms with van der Waals surface area (Å²) < 4.78 is 5.46. The molecule has 19 heavy (non-hydrogen) atoms. The Kier molecular flexibility index (Phi) is 4.08. The quantitative estimate of drug-likeness (QED) is 0.821. The number of amides is 1. The molecule has 1 spiro atoms. The van der Waals surface area contributed by atoms with Gasteiger partial charge in [-0.3, -0.25) is 4.79 Å². The Bertz CT molecular complexity index is 320. The van der Waals surface area contributed by atoms with Crippen LogP contribution < -0.4 is 5.32 Å². The molecule has 0 aliphatic carbocycles. The Morgan fingerprint density at radius 2 is 1.95 bits per heavy atom. The summed E-state index contributed by atoms with van der Waals surface area (Å²) in [6, 6.07) is 0. The number of hydrogen-bond donors (Lipinski definition) is 1. The molecule has 0 bridgehead atoms. The van der Waals surface area contributed by atoms with Crippen molar-refractivity contribution in [3.63, 3.8) is 0 Å². The molecule has 4 heteroatoms. The molecule has 0 saturated carbocycles. The lowest BCUT2D eigenvalue weighted by molar-refractivity contribution is -0.132. The summed E-state index contributed by atoms with van der Waals surface area (Å²) in [5.74, 6) is 1.01. The van der Waals surface area contributed by atoms with Crippen molar-refractivity contribution < 1.29 is 9.53 Å². The molecule has 0 aromatic heterocycles. The van der Waals surface area contributed by atoms with Crippen LogP contribution in [0.2, 0.25) is 0 Å². The molecule has 0 atom stereocenters. The number of rotatable bonds is 2. The minimum Gasteiger partial charge on any atom is -0.381 e. The number of carbonyl (C=O) groups excluding carboxylic acids is 1. The summed E-state index contributed by atoms with van der Waals surface area (Å²) >= 11 is 0. The lowest BCUT2D eigenvalue weighted by Crippen LogP contribution is -2.37. The molecule has 108 valence electrons. The fourth-order valence-electron chi connectivity index (χ4n) is 3.82. The molecule has 3 saturated heterocycles. The van der Waals surface area contributed by atoms with Crippen molar-refractivity contribution in [1.29, 1.82) is 0 Å². The number of ether oxygens (including phenoxy) is 1. The first-order valence-corrected chi connectivity index (χ1v) is 7.84. The van der Waals surface area contributed by atoms with Gasteiger partial charge in [0.15, 0.2) is 0 Å². The lowest BCUT2D eigenvalue weighted by Gasteiger charge is -2.33. The Balaban J connectivity index is 1.50. The minimum atomic E-state index is 0.391. The standard InChI is InChI=1S/C15H26N2O2/c18-14(11-13-1-6-16-7-2-13)17-8-3-15(12-17)4-9-19-10-5-15/h13,16H,1-12H2. The summed E-state index contributed by atoms with van der Waals surface area (Å²) in [6.07, 6.45) is 6.58. The molecule has 3 rings (SSSR count). The molecule has 3 aliphatic rings. The van der Waals surface area contributed by atoms with Gasteiger partial charge in [0.1, 0.15) is 0 Å². The maximum absolute atomic E-state index is 12.4. The van der Waals surface area contributed by atoms with Crippen LogP contribution in [-0.4, -0.2) is 50.2 Å². The van der Waals surface area contributed by atoms with Crippen LogP contribution in [0.3, 0.4) is 0 Å². The highest BCUT2D eigenvalue weighted by Gasteiger charge is 2.41. The molecule has 0 aromatic carbocycles. The number of likely N-dealkylation sites (tertiary alicyclic amines) is 1. The number of carbonyl (C=O) groups is 1. The van der Waals surface area contributed by atoms with Gasteiger partial charge in [0.05, 0.1) is 0 Å². The highest BCUT2D eigenvalue weighted by atomic mass is 16.5. The third-order valence-corrected chi connectivity index (χ3v) is 5.27. The maximum Gasteiger partial charge on any atom is 0.222 e. The van der Waals surface area contributed by atoms with E-state index in [1.165, 1.54) is 19.3 Å². The van der Waals surface area contributed by atoms with Gasteiger partial charge in [-0.15, -0.1) is 0 Å². The molecular weight excluding hydrogens is 240 g/mol. The van der Waals surface area contributed by atoms with Crippen molar-refractivity contribution in [2.24, 2.45) is 11.3 Å². The van der Waals surface area contributed by atoms with Gasteiger partial charge >= 0.3 is 0 Å². The number of piperidine rings is 1. The lowest BCUT2D eigenvalue weighted by atomic mass is 9.80. The van der Waals surface area contributed by atoms with E-state index < -0.39 is 0 Å². The zero-order chi connectivity index (χ0) is 13.1. The van der Waals surface area contributed by atoms with Crippen LogP contribution >= 0.6 is 0 Å². The van der Waals surface area contributed by atoms with Gasteiger partial charge in [0.2, 0.25) is 5.91 Å². The second-order valence-corrected chi connectivity index (χ2v) is 6.58. The molecule has 1 amide bonds. The summed E-state index contributed by atoms with van der Waals surface area (Å²) in [4.78, 5) is 14.5. The van der Waals surface area contributed by atoms with E-state index in [0.29, 0.717) is 17.2 Å². The van der Waals surface area contributed by atoms with E-state index in [9.17, 15) is 4.79 Å². The second-order valence-electron chi connectivity index (χ2n) is 6.58. The molecule has 3 heterocycles. The maximum atomic E-state index is 12.4. The normalized spacial score (nSPS) is 27.9. The minimum absolute atomic E-state index is 0.391. The van der Waals surface area contributed by atoms with Crippen LogP contribution in [0, 0.1) is 11.3 Å². The zero-order valence-electron chi connectivity index (χ0n) is 11.8. The van der Waals surface area contributed by atoms with Gasteiger partial charge in [-0.1, -0.05) is 0 Å². The van der Waals surface area contributed by atoms with E-state index >= 15 is 0 Å². The fourth-order valence-corrected chi connectivity index (χ4v) is 3.82. The van der Waals surface area contributed by atoms with Gasteiger partial charge in [0, 0.05) is 32.7 Å². The molecule has 0 radical (unpaired) electrons. The predicted molar refractivity (Wildman–Crippen MR) is 73.9 cm³/mol. The summed E-state index contributed by atoms with van der Waals surface area (Å²) in [6.45, 7) is 5.90. The van der Waals surface area contributed by atoms with Gasteiger partial charge in [-0.25, -0.2) is 0 Å². The third kappa shape index (κ3) is 3.11. The van der Waals surface area contributed by atoms with Gasteiger partial charge in [-0.05, 0) is 56.5 Å². The van der Waals surface area contributed by atoms with Gasteiger partial charge < -0.3 is 15.0 Å². The van der Waals surface area contributed by atoms with E-state index in [0.717, 1.165) is 58.7 Å². The molecule has 0 aromatic rings. The zero-order valence-corrected chi connectivity index (χ0v) is 11.8. The SMILES string of the molecule is O=C(CC1CCNCC1)N1CCC2(CCOCC2)C1. The van der Waals surface area contributed by atoms with Crippen molar-refractivity contribution in [3.8, 4) is 0 Å². The van der Waals surface area contributed by atoms with Crippen molar-refractivity contribution in [1.82, 2.24) is 10.2 Å². The average molecular weight is 266 g/mol. The number of nitrogens with zero attached hydrogens (tertiary/aromatic N) is 1. The Hall–Kier alpha value is -0.610. The van der Waals surface area contributed by atoms with Crippen LogP contribution in [0.15, 0.2) is 0 Å². The van der Waals surface area contributed by atoms with Crippen LogP contribution in [0.25, 0.3) is 0 Å². The van der Waals surface area contributed by atoms with Crippen molar-refractivity contribution in [2.75, 3.05) is 39.4 Å². The second kappa shape index (κ2) is 5.80. The van der Waals surface area contributed by atoms with Crippen LogP contribution in [0.4, 0.5) is 0 Å². The largest absolute Gasteiger partial charge is 0.381 e. The first kappa shape index (κ1) is 13.4. The average Bonchev–Trinajstić information content (AvgIpc) is 2.85. The van der Waals surface area contributed by atoms with Crippen molar-refractivity contribution in [2.45, 2.75) is 38.5 Å². The summed E-state index contributed by atoms with van der Waals surface area (Å²) in [5.41, 5.74) is 0.391. The number of hydrogen-bond acceptors (Lipinski definition) is 3. The fraction of sp³-hybridized carbons (Fsp3) is 0.933. The smallest absolute Gasteiger partial charge is 0.222 e. The van der Waals surface area contributed by atoms with E-state index in [4.69, 9.17) is 4.74 Å². The first-order valence-electron chi connectivity index (χ1n) is 7.84. The Labute approximate surface area is 115 Å². The van der Waals surface area contributed by atoms with E-state index in [-0.39, 0.29) is 0 Å². The third-order valence-electron chi connectivity index (χ3n) is 5.27. The molecular formula is C15H26N2O2. The van der Waals surface area contributed by atoms with Gasteiger partial charge in [0.25, 0.3) is 0 Å². The van der Waals surface area contributed by atoms with E-state index in [1.54, 1.807) is 0 Å². The first-order chi connectivity index (χ1) is 9.27. The van der Waals surface area contributed by atoms with Crippen LogP contribution in [0.5, 0.6) is 0 Å². The van der Waals surface area contributed by atoms with Crippen LogP contribution in [-0.2, 0) is 9.53 Å². The molecule has 0 unspecified atom stereocenters. The number of nitrogens with one attached hydrogen (secondary N) is 1. The van der Waals surface area contributed by atoms with E-state index in [2.05, 4.69) is 10.2 Å². The molecule has 1 N–H and O–H groups in total. The monoisotopic (exact) mass is 266 g/mol. The van der Waals surface area contributed by atoms with E-state index in [1.807, 2.05) is 0 Å². The van der Waals surface area contributed by atoms with Crippen LogP contribution in [0.1, 0.15) is 38.5 Å². The Morgan fingerprint density at radius 3 is 2.68 bits per heavy atom. The summed E-state index contributed by atoms with van der Waals surface area (Å²) in [5, 5.41) is 3.37. The summed E-state index contributed by atoms with van der Waals surface area (Å²) in [7, 11) is 0. The Morgan fingerprint density at radius 1 is 1.21 bits per heavy atom. The van der Waals surface area contributed by atoms with Gasteiger partial charge in [-0.2, -0.15) is 0 Å².